The van der Waals surface area contributed by atoms with Crippen molar-refractivity contribution in [3.63, 3.8) is 0 Å². The third-order valence-electron chi connectivity index (χ3n) is 4.02. The zero-order valence-corrected chi connectivity index (χ0v) is 14.5. The van der Waals surface area contributed by atoms with Crippen molar-refractivity contribution in [3.8, 4) is 0 Å². The molecule has 122 valence electrons. The molecule has 6 heteroatoms. The third-order valence-corrected chi connectivity index (χ3v) is 4.68. The molecule has 1 aromatic carbocycles. The second-order valence-electron chi connectivity index (χ2n) is 5.51. The van der Waals surface area contributed by atoms with Crippen LogP contribution in [0.1, 0.15) is 23.7 Å². The molecule has 1 aromatic rings. The van der Waals surface area contributed by atoms with Gasteiger partial charge in [-0.25, -0.2) is 4.39 Å². The monoisotopic (exact) mass is 371 g/mol. The van der Waals surface area contributed by atoms with E-state index in [0.717, 1.165) is 45.7 Å². The van der Waals surface area contributed by atoms with Gasteiger partial charge < -0.3 is 15.1 Å². The lowest BCUT2D eigenvalue weighted by molar-refractivity contribution is 0.0947. The van der Waals surface area contributed by atoms with Crippen LogP contribution in [0.15, 0.2) is 22.7 Å². The molecule has 0 aromatic heterocycles. The van der Waals surface area contributed by atoms with Crippen LogP contribution in [-0.4, -0.2) is 61.5 Å². The van der Waals surface area contributed by atoms with Crippen LogP contribution in [0.2, 0.25) is 0 Å². The van der Waals surface area contributed by atoms with Gasteiger partial charge in [0.2, 0.25) is 0 Å². The van der Waals surface area contributed by atoms with E-state index < -0.39 is 0 Å². The van der Waals surface area contributed by atoms with Crippen LogP contribution in [0, 0.1) is 5.82 Å². The predicted molar refractivity (Wildman–Crippen MR) is 89.6 cm³/mol. The number of amides is 1. The highest BCUT2D eigenvalue weighted by Crippen LogP contribution is 2.17. The molecule has 0 radical (unpaired) electrons. The van der Waals surface area contributed by atoms with Crippen LogP contribution in [-0.2, 0) is 0 Å². The lowest BCUT2D eigenvalue weighted by atomic mass is 10.2. The van der Waals surface area contributed by atoms with E-state index >= 15 is 0 Å². The Kier molecular flexibility index (Phi) is 6.79. The van der Waals surface area contributed by atoms with E-state index in [9.17, 15) is 9.18 Å². The maximum Gasteiger partial charge on any atom is 0.252 e. The van der Waals surface area contributed by atoms with Crippen LogP contribution >= 0.6 is 15.9 Å². The molecule has 0 bridgehead atoms. The molecule has 1 fully saturated rings. The van der Waals surface area contributed by atoms with Gasteiger partial charge in [0, 0.05) is 37.2 Å². The zero-order chi connectivity index (χ0) is 15.9. The Morgan fingerprint density at radius 3 is 2.59 bits per heavy atom. The topological polar surface area (TPSA) is 35.6 Å². The molecule has 0 aliphatic carbocycles. The molecule has 0 unspecified atom stereocenters. The second-order valence-corrected chi connectivity index (χ2v) is 6.36. The molecule has 4 nitrogen and oxygen atoms in total. The van der Waals surface area contributed by atoms with Gasteiger partial charge in [-0.15, -0.1) is 0 Å². The first-order valence-corrected chi connectivity index (χ1v) is 8.57. The zero-order valence-electron chi connectivity index (χ0n) is 12.9. The molecule has 1 N–H and O–H groups in total. The van der Waals surface area contributed by atoms with E-state index in [4.69, 9.17) is 0 Å². The number of hydrogen-bond acceptors (Lipinski definition) is 3. The highest BCUT2D eigenvalue weighted by Gasteiger charge is 2.15. The normalized spacial score (nSPS) is 16.7. The number of rotatable bonds is 6. The number of halogens is 2. The molecule has 0 atom stereocenters. The van der Waals surface area contributed by atoms with Crippen LogP contribution in [0.4, 0.5) is 4.39 Å². The summed E-state index contributed by atoms with van der Waals surface area (Å²) in [4.78, 5) is 16.9. The molecule has 22 heavy (non-hydrogen) atoms. The van der Waals surface area contributed by atoms with Gasteiger partial charge in [0.05, 0.1) is 5.56 Å². The van der Waals surface area contributed by atoms with Crippen molar-refractivity contribution >= 4 is 21.8 Å². The van der Waals surface area contributed by atoms with Gasteiger partial charge in [-0.2, -0.15) is 0 Å². The van der Waals surface area contributed by atoms with Crippen molar-refractivity contribution in [2.75, 3.05) is 45.8 Å². The maximum absolute atomic E-state index is 13.0. The fraction of sp³-hybridized carbons (Fsp3) is 0.562. The number of carbonyl (C=O) groups is 1. The number of nitrogens with one attached hydrogen (secondary N) is 1. The SMILES string of the molecule is CCN1CCN(CCCNC(=O)c2ccc(F)cc2Br)CC1. The molecule has 1 aliphatic rings. The molecule has 0 saturated carbocycles. The minimum absolute atomic E-state index is 0.164. The molecule has 1 heterocycles. The number of likely N-dealkylation sites (N-methyl/N-ethyl adjacent to an activating group) is 1. The first kappa shape index (κ1) is 17.4. The highest BCUT2D eigenvalue weighted by molar-refractivity contribution is 9.10. The summed E-state index contributed by atoms with van der Waals surface area (Å²) in [5, 5.41) is 2.89. The summed E-state index contributed by atoms with van der Waals surface area (Å²) in [5.41, 5.74) is 0.470. The van der Waals surface area contributed by atoms with Crippen molar-refractivity contribution in [2.24, 2.45) is 0 Å². The molecule has 2 rings (SSSR count). The van der Waals surface area contributed by atoms with Gasteiger partial charge in [-0.05, 0) is 53.6 Å². The Labute approximate surface area is 139 Å². The number of benzene rings is 1. The van der Waals surface area contributed by atoms with Gasteiger partial charge >= 0.3 is 0 Å². The molecule has 1 saturated heterocycles. The van der Waals surface area contributed by atoms with E-state index in [1.807, 2.05) is 0 Å². The Morgan fingerprint density at radius 1 is 1.27 bits per heavy atom. The maximum atomic E-state index is 13.0. The number of carbonyl (C=O) groups excluding carboxylic acids is 1. The number of piperazine rings is 1. The molecule has 1 aliphatic heterocycles. The van der Waals surface area contributed by atoms with Gasteiger partial charge in [-0.3, -0.25) is 4.79 Å². The quantitative estimate of drug-likeness (QED) is 0.779. The van der Waals surface area contributed by atoms with Gasteiger partial charge in [0.1, 0.15) is 5.82 Å². The number of hydrogen-bond donors (Lipinski definition) is 1. The first-order valence-electron chi connectivity index (χ1n) is 7.78. The molecule has 0 spiro atoms. The minimum atomic E-state index is -0.352. The Bertz CT molecular complexity index is 504. The van der Waals surface area contributed by atoms with Crippen LogP contribution in [0.3, 0.4) is 0 Å². The first-order chi connectivity index (χ1) is 10.6. The van der Waals surface area contributed by atoms with Gasteiger partial charge in [-0.1, -0.05) is 6.92 Å². The summed E-state index contributed by atoms with van der Waals surface area (Å²) < 4.78 is 13.5. The van der Waals surface area contributed by atoms with Crippen molar-refractivity contribution < 1.29 is 9.18 Å². The number of nitrogens with zero attached hydrogens (tertiary/aromatic N) is 2. The van der Waals surface area contributed by atoms with E-state index in [1.54, 1.807) is 0 Å². The Morgan fingerprint density at radius 2 is 1.95 bits per heavy atom. The summed E-state index contributed by atoms with van der Waals surface area (Å²) in [6.45, 7) is 9.42. The lowest BCUT2D eigenvalue weighted by Crippen LogP contribution is -2.46. The standard InChI is InChI=1S/C16H23BrFN3O/c1-2-20-8-10-21(11-9-20)7-3-6-19-16(22)14-5-4-13(18)12-15(14)17/h4-5,12H,2-3,6-11H2,1H3,(H,19,22). The summed E-state index contributed by atoms with van der Waals surface area (Å²) >= 11 is 3.22. The third kappa shape index (κ3) is 5.04. The average molecular weight is 372 g/mol. The van der Waals surface area contributed by atoms with Crippen LogP contribution < -0.4 is 5.32 Å². The molecular formula is C16H23BrFN3O. The van der Waals surface area contributed by atoms with Crippen molar-refractivity contribution in [2.45, 2.75) is 13.3 Å². The van der Waals surface area contributed by atoms with Crippen LogP contribution in [0.25, 0.3) is 0 Å². The van der Waals surface area contributed by atoms with E-state index in [2.05, 4.69) is 38.0 Å². The molecule has 1 amide bonds. The van der Waals surface area contributed by atoms with Gasteiger partial charge in [0.25, 0.3) is 5.91 Å². The summed E-state index contributed by atoms with van der Waals surface area (Å²) in [6.07, 6.45) is 0.927. The fourth-order valence-electron chi connectivity index (χ4n) is 2.60. The average Bonchev–Trinajstić information content (AvgIpc) is 2.52. The predicted octanol–water partition coefficient (Wildman–Crippen LogP) is 2.35. The lowest BCUT2D eigenvalue weighted by Gasteiger charge is -2.33. The summed E-state index contributed by atoms with van der Waals surface area (Å²) in [5.74, 6) is -0.516. The van der Waals surface area contributed by atoms with Gasteiger partial charge in [0.15, 0.2) is 0 Å². The van der Waals surface area contributed by atoms with Crippen molar-refractivity contribution in [1.82, 2.24) is 15.1 Å². The van der Waals surface area contributed by atoms with E-state index in [0.29, 0.717) is 16.6 Å². The van der Waals surface area contributed by atoms with E-state index in [-0.39, 0.29) is 11.7 Å². The summed E-state index contributed by atoms with van der Waals surface area (Å²) in [7, 11) is 0. The smallest absolute Gasteiger partial charge is 0.252 e. The van der Waals surface area contributed by atoms with Crippen molar-refractivity contribution in [3.05, 3.63) is 34.1 Å². The summed E-state index contributed by atoms with van der Waals surface area (Å²) in [6, 6.07) is 4.10. The fourth-order valence-corrected chi connectivity index (χ4v) is 3.13. The second kappa shape index (κ2) is 8.60. The molecular weight excluding hydrogens is 349 g/mol. The van der Waals surface area contributed by atoms with Crippen molar-refractivity contribution in [1.29, 1.82) is 0 Å². The Hall–Kier alpha value is -0.980. The Balaban J connectivity index is 1.67. The largest absolute Gasteiger partial charge is 0.352 e. The van der Waals surface area contributed by atoms with E-state index in [1.165, 1.54) is 18.2 Å². The van der Waals surface area contributed by atoms with Crippen LogP contribution in [0.5, 0.6) is 0 Å². The highest BCUT2D eigenvalue weighted by atomic mass is 79.9. The minimum Gasteiger partial charge on any atom is -0.352 e.